The summed E-state index contributed by atoms with van der Waals surface area (Å²) in [6.45, 7) is 4.62. The van der Waals surface area contributed by atoms with Crippen LogP contribution in [0.5, 0.6) is 0 Å². The Hall–Kier alpha value is -0.970. The molecule has 2 N–H and O–H groups in total. The van der Waals surface area contributed by atoms with Crippen molar-refractivity contribution in [3.05, 3.63) is 35.6 Å². The number of nitrogens with zero attached hydrogens (tertiary/aromatic N) is 1. The van der Waals surface area contributed by atoms with Crippen LogP contribution in [0.25, 0.3) is 0 Å². The van der Waals surface area contributed by atoms with Gasteiger partial charge < -0.3 is 10.5 Å². The molecule has 1 aromatic rings. The first-order valence-electron chi connectivity index (χ1n) is 7.36. The molecule has 1 heterocycles. The number of hydrogen-bond acceptors (Lipinski definition) is 3. The van der Waals surface area contributed by atoms with Crippen LogP contribution >= 0.6 is 0 Å². The lowest BCUT2D eigenvalue weighted by Gasteiger charge is -2.40. The molecule has 3 nitrogen and oxygen atoms in total. The van der Waals surface area contributed by atoms with E-state index in [1.165, 1.54) is 12.5 Å². The highest BCUT2D eigenvalue weighted by atomic mass is 19.1. The number of hydrogen-bond donors (Lipinski definition) is 1. The van der Waals surface area contributed by atoms with Crippen molar-refractivity contribution in [2.24, 2.45) is 11.7 Å². The number of benzene rings is 1. The van der Waals surface area contributed by atoms with E-state index in [0.29, 0.717) is 11.5 Å². The molecule has 0 spiro atoms. The van der Waals surface area contributed by atoms with Crippen LogP contribution in [0.2, 0.25) is 0 Å². The maximum atomic E-state index is 14.1. The highest BCUT2D eigenvalue weighted by Crippen LogP contribution is 2.30. The molecule has 0 aromatic heterocycles. The predicted molar refractivity (Wildman–Crippen MR) is 79.0 cm³/mol. The minimum Gasteiger partial charge on any atom is -0.384 e. The lowest BCUT2D eigenvalue weighted by atomic mass is 9.92. The first kappa shape index (κ1) is 15.4. The number of nitrogens with two attached hydrogens (primary N) is 1. The zero-order chi connectivity index (χ0) is 14.5. The van der Waals surface area contributed by atoms with Crippen LogP contribution in [-0.2, 0) is 4.74 Å². The molecule has 20 heavy (non-hydrogen) atoms. The minimum atomic E-state index is -0.163. The largest absolute Gasteiger partial charge is 0.384 e. The Bertz CT molecular complexity index is 423. The summed E-state index contributed by atoms with van der Waals surface area (Å²) in [5, 5.41) is 0. The molecule has 0 radical (unpaired) electrons. The molecule has 0 amide bonds. The van der Waals surface area contributed by atoms with Crippen molar-refractivity contribution < 1.29 is 9.13 Å². The van der Waals surface area contributed by atoms with E-state index < -0.39 is 0 Å². The molecule has 0 aliphatic carbocycles. The third-order valence-corrected chi connectivity index (χ3v) is 4.07. The van der Waals surface area contributed by atoms with Gasteiger partial charge in [-0.15, -0.1) is 0 Å². The number of ether oxygens (including phenoxy) is 1. The summed E-state index contributed by atoms with van der Waals surface area (Å²) in [5.74, 6) is 0.352. The topological polar surface area (TPSA) is 38.5 Å². The van der Waals surface area contributed by atoms with Crippen LogP contribution in [0.4, 0.5) is 4.39 Å². The molecule has 112 valence electrons. The van der Waals surface area contributed by atoms with Crippen molar-refractivity contribution in [1.82, 2.24) is 4.90 Å². The van der Waals surface area contributed by atoms with E-state index in [1.807, 2.05) is 19.1 Å². The standard InChI is InChI=1S/C16H25FN2O/c1-12(18)16(14-7-3-4-8-15(14)17)19-9-5-6-13(10-19)11-20-2/h3-4,7-8,12-13,16H,5-6,9-11,18H2,1-2H3. The van der Waals surface area contributed by atoms with Gasteiger partial charge in [-0.3, -0.25) is 4.90 Å². The van der Waals surface area contributed by atoms with Gasteiger partial charge in [0, 0.05) is 25.3 Å². The Morgan fingerprint density at radius 2 is 2.20 bits per heavy atom. The molecule has 1 aromatic carbocycles. The summed E-state index contributed by atoms with van der Waals surface area (Å²) in [4.78, 5) is 2.32. The van der Waals surface area contributed by atoms with Gasteiger partial charge in [0.05, 0.1) is 12.6 Å². The molecule has 1 saturated heterocycles. The van der Waals surface area contributed by atoms with Crippen LogP contribution in [-0.4, -0.2) is 37.7 Å². The van der Waals surface area contributed by atoms with Crippen LogP contribution in [0, 0.1) is 11.7 Å². The monoisotopic (exact) mass is 280 g/mol. The molecule has 4 heteroatoms. The van der Waals surface area contributed by atoms with Crippen molar-refractivity contribution in [3.8, 4) is 0 Å². The van der Waals surface area contributed by atoms with Gasteiger partial charge in [0.25, 0.3) is 0 Å². The molecule has 0 bridgehead atoms. The van der Waals surface area contributed by atoms with E-state index >= 15 is 0 Å². The number of likely N-dealkylation sites (tertiary alicyclic amines) is 1. The Morgan fingerprint density at radius 3 is 2.85 bits per heavy atom. The lowest BCUT2D eigenvalue weighted by molar-refractivity contribution is 0.0608. The second kappa shape index (κ2) is 7.16. The SMILES string of the molecule is COCC1CCCN(C(c2ccccc2F)C(C)N)C1. The fourth-order valence-electron chi connectivity index (χ4n) is 3.25. The van der Waals surface area contributed by atoms with E-state index in [4.69, 9.17) is 10.5 Å². The van der Waals surface area contributed by atoms with Crippen molar-refractivity contribution in [2.45, 2.75) is 31.8 Å². The van der Waals surface area contributed by atoms with Crippen LogP contribution < -0.4 is 5.73 Å². The third-order valence-electron chi connectivity index (χ3n) is 4.07. The normalized spacial score (nSPS) is 23.5. The molecular formula is C16H25FN2O. The van der Waals surface area contributed by atoms with Crippen molar-refractivity contribution in [3.63, 3.8) is 0 Å². The summed E-state index contributed by atoms with van der Waals surface area (Å²) in [5.41, 5.74) is 6.86. The van der Waals surface area contributed by atoms with Crippen molar-refractivity contribution in [2.75, 3.05) is 26.8 Å². The smallest absolute Gasteiger partial charge is 0.128 e. The highest BCUT2D eigenvalue weighted by Gasteiger charge is 2.30. The molecule has 3 unspecified atom stereocenters. The average Bonchev–Trinajstić information content (AvgIpc) is 2.42. The van der Waals surface area contributed by atoms with Crippen molar-refractivity contribution >= 4 is 0 Å². The summed E-state index contributed by atoms with van der Waals surface area (Å²) < 4.78 is 19.4. The fraction of sp³-hybridized carbons (Fsp3) is 0.625. The van der Waals surface area contributed by atoms with E-state index in [-0.39, 0.29) is 17.9 Å². The average molecular weight is 280 g/mol. The first-order chi connectivity index (χ1) is 9.63. The summed E-state index contributed by atoms with van der Waals surface area (Å²) in [6, 6.07) is 6.81. The quantitative estimate of drug-likeness (QED) is 0.901. The van der Waals surface area contributed by atoms with Gasteiger partial charge in [-0.25, -0.2) is 4.39 Å². The molecule has 0 saturated carbocycles. The van der Waals surface area contributed by atoms with Crippen LogP contribution in [0.1, 0.15) is 31.4 Å². The Kier molecular flexibility index (Phi) is 5.52. The number of methoxy groups -OCH3 is 1. The van der Waals surface area contributed by atoms with Gasteiger partial charge >= 0.3 is 0 Å². The van der Waals surface area contributed by atoms with E-state index in [1.54, 1.807) is 13.2 Å². The molecule has 1 fully saturated rings. The Balaban J connectivity index is 2.18. The van der Waals surface area contributed by atoms with Crippen LogP contribution in [0.3, 0.4) is 0 Å². The van der Waals surface area contributed by atoms with E-state index in [0.717, 1.165) is 26.1 Å². The molecule has 1 aliphatic heterocycles. The van der Waals surface area contributed by atoms with Crippen molar-refractivity contribution in [1.29, 1.82) is 0 Å². The second-order valence-electron chi connectivity index (χ2n) is 5.78. The molecular weight excluding hydrogens is 255 g/mol. The van der Waals surface area contributed by atoms with E-state index in [9.17, 15) is 4.39 Å². The molecule has 2 rings (SSSR count). The van der Waals surface area contributed by atoms with Gasteiger partial charge in [0.15, 0.2) is 0 Å². The second-order valence-corrected chi connectivity index (χ2v) is 5.78. The molecule has 3 atom stereocenters. The van der Waals surface area contributed by atoms with E-state index in [2.05, 4.69) is 4.90 Å². The minimum absolute atomic E-state index is 0.0594. The third kappa shape index (κ3) is 3.57. The van der Waals surface area contributed by atoms with Gasteiger partial charge in [-0.2, -0.15) is 0 Å². The maximum absolute atomic E-state index is 14.1. The summed E-state index contributed by atoms with van der Waals surface area (Å²) in [6.07, 6.45) is 2.29. The summed E-state index contributed by atoms with van der Waals surface area (Å²) >= 11 is 0. The zero-order valence-electron chi connectivity index (χ0n) is 12.4. The Labute approximate surface area is 120 Å². The molecule has 1 aliphatic rings. The lowest BCUT2D eigenvalue weighted by Crippen LogP contribution is -2.45. The van der Waals surface area contributed by atoms with Gasteiger partial charge in [0.1, 0.15) is 5.82 Å². The predicted octanol–water partition coefficient (Wildman–Crippen LogP) is 2.57. The fourth-order valence-corrected chi connectivity index (χ4v) is 3.25. The number of halogens is 1. The Morgan fingerprint density at radius 1 is 1.45 bits per heavy atom. The summed E-state index contributed by atoms with van der Waals surface area (Å²) in [7, 11) is 1.73. The highest BCUT2D eigenvalue weighted by molar-refractivity contribution is 5.23. The first-order valence-corrected chi connectivity index (χ1v) is 7.36. The maximum Gasteiger partial charge on any atom is 0.128 e. The van der Waals surface area contributed by atoms with Gasteiger partial charge in [-0.1, -0.05) is 18.2 Å². The number of rotatable bonds is 5. The van der Waals surface area contributed by atoms with Gasteiger partial charge in [-0.05, 0) is 38.3 Å². The number of piperidine rings is 1. The van der Waals surface area contributed by atoms with Gasteiger partial charge in [0.2, 0.25) is 0 Å². The zero-order valence-corrected chi connectivity index (χ0v) is 12.4. The van der Waals surface area contributed by atoms with Crippen LogP contribution in [0.15, 0.2) is 24.3 Å².